The summed E-state index contributed by atoms with van der Waals surface area (Å²) in [5.74, 6) is -0.162. The van der Waals surface area contributed by atoms with E-state index >= 15 is 0 Å². The predicted molar refractivity (Wildman–Crippen MR) is 145 cm³/mol. The third kappa shape index (κ3) is 6.87. The van der Waals surface area contributed by atoms with E-state index in [0.717, 1.165) is 27.1 Å². The Hall–Kier alpha value is -3.43. The molecule has 0 fully saturated rings. The molecule has 0 bridgehead atoms. The maximum Gasteiger partial charge on any atom is 0.243 e. The van der Waals surface area contributed by atoms with Gasteiger partial charge in [-0.1, -0.05) is 49.4 Å². The maximum atomic E-state index is 13.5. The van der Waals surface area contributed by atoms with Gasteiger partial charge in [-0.05, 0) is 60.9 Å². The van der Waals surface area contributed by atoms with Crippen molar-refractivity contribution in [3.63, 3.8) is 0 Å². The Kier molecular flexibility index (Phi) is 9.29. The van der Waals surface area contributed by atoms with Gasteiger partial charge in [0.1, 0.15) is 11.8 Å². The van der Waals surface area contributed by atoms with Gasteiger partial charge in [-0.2, -0.15) is 4.31 Å². The van der Waals surface area contributed by atoms with Crippen molar-refractivity contribution in [1.29, 1.82) is 0 Å². The lowest BCUT2D eigenvalue weighted by Crippen LogP contribution is -2.51. The van der Waals surface area contributed by atoms with Crippen LogP contribution in [-0.2, 0) is 26.2 Å². The number of hydrogen-bond acceptors (Lipinski definition) is 5. The average Bonchev–Trinajstić information content (AvgIpc) is 2.90. The summed E-state index contributed by atoms with van der Waals surface area (Å²) in [5, 5.41) is 4.62. The molecule has 198 valence electrons. The third-order valence-corrected chi connectivity index (χ3v) is 8.24. The van der Waals surface area contributed by atoms with Crippen LogP contribution in [0, 0.1) is 0 Å². The quantitative estimate of drug-likeness (QED) is 0.411. The normalized spacial score (nSPS) is 13.2. The Morgan fingerprint density at radius 3 is 2.35 bits per heavy atom. The molecule has 2 atom stereocenters. The first-order valence-corrected chi connectivity index (χ1v) is 13.7. The van der Waals surface area contributed by atoms with Crippen LogP contribution >= 0.6 is 0 Å². The molecule has 8 nitrogen and oxygen atoms in total. The number of hydrogen-bond donors (Lipinski definition) is 1. The molecule has 1 N–H and O–H groups in total. The highest BCUT2D eigenvalue weighted by Crippen LogP contribution is 2.22. The number of amides is 2. The van der Waals surface area contributed by atoms with Crippen molar-refractivity contribution in [3.05, 3.63) is 72.3 Å². The molecule has 9 heteroatoms. The molecule has 0 unspecified atom stereocenters. The van der Waals surface area contributed by atoms with Crippen molar-refractivity contribution in [2.45, 2.75) is 50.7 Å². The van der Waals surface area contributed by atoms with Gasteiger partial charge < -0.3 is 15.0 Å². The van der Waals surface area contributed by atoms with Crippen molar-refractivity contribution in [2.24, 2.45) is 0 Å². The number of sulfonamides is 1. The lowest BCUT2D eigenvalue weighted by atomic mass is 10.1. The molecule has 0 aliphatic rings. The zero-order chi connectivity index (χ0) is 27.2. The molecular weight excluding hydrogens is 490 g/mol. The van der Waals surface area contributed by atoms with Gasteiger partial charge in [-0.15, -0.1) is 0 Å². The standard InChI is InChI=1S/C28H35N3O5S/c1-6-20(2)29-28(33)21(3)31(18-22-10-9-13-25(16-22)36-5)27(32)19-30(4)37(34,35)26-15-14-23-11-7-8-12-24(23)17-26/h7-17,20-21H,6,18-19H2,1-5H3,(H,29,33)/t20-,21-/m1/s1. The van der Waals surface area contributed by atoms with E-state index in [-0.39, 0.29) is 23.4 Å². The van der Waals surface area contributed by atoms with E-state index in [0.29, 0.717) is 5.75 Å². The smallest absolute Gasteiger partial charge is 0.243 e. The number of carbonyl (C=O) groups is 2. The predicted octanol–water partition coefficient (Wildman–Crippen LogP) is 3.80. The largest absolute Gasteiger partial charge is 0.497 e. The number of carbonyl (C=O) groups excluding carboxylic acids is 2. The molecule has 3 aromatic carbocycles. The summed E-state index contributed by atoms with van der Waals surface area (Å²) < 4.78 is 33.0. The molecule has 0 saturated heterocycles. The number of likely N-dealkylation sites (N-methyl/N-ethyl adjacent to an activating group) is 1. The molecule has 37 heavy (non-hydrogen) atoms. The fourth-order valence-electron chi connectivity index (χ4n) is 3.89. The molecular formula is C28H35N3O5S. The van der Waals surface area contributed by atoms with E-state index in [1.54, 1.807) is 44.4 Å². The highest BCUT2D eigenvalue weighted by molar-refractivity contribution is 7.89. The molecule has 0 spiro atoms. The lowest BCUT2D eigenvalue weighted by Gasteiger charge is -2.31. The van der Waals surface area contributed by atoms with Crippen LogP contribution in [0.1, 0.15) is 32.8 Å². The first-order valence-electron chi connectivity index (χ1n) is 12.2. The summed E-state index contributed by atoms with van der Waals surface area (Å²) in [6, 6.07) is 18.7. The van der Waals surface area contributed by atoms with Gasteiger partial charge in [0.15, 0.2) is 0 Å². The van der Waals surface area contributed by atoms with E-state index in [4.69, 9.17) is 4.74 Å². The monoisotopic (exact) mass is 525 g/mol. The van der Waals surface area contributed by atoms with Gasteiger partial charge in [0.05, 0.1) is 18.6 Å². The van der Waals surface area contributed by atoms with Crippen molar-refractivity contribution in [1.82, 2.24) is 14.5 Å². The first kappa shape index (κ1) is 28.1. The minimum absolute atomic E-state index is 0.0559. The number of ether oxygens (including phenoxy) is 1. The molecule has 3 aromatic rings. The number of nitrogens with zero attached hydrogens (tertiary/aromatic N) is 2. The molecule has 0 saturated carbocycles. The highest BCUT2D eigenvalue weighted by Gasteiger charge is 2.30. The Labute approximate surface area is 219 Å². The Morgan fingerprint density at radius 2 is 1.68 bits per heavy atom. The lowest BCUT2D eigenvalue weighted by molar-refractivity contribution is -0.140. The summed E-state index contributed by atoms with van der Waals surface area (Å²) in [6.45, 7) is 5.20. The van der Waals surface area contributed by atoms with E-state index in [1.807, 2.05) is 44.2 Å². The Balaban J connectivity index is 1.86. The molecule has 0 aromatic heterocycles. The van der Waals surface area contributed by atoms with Crippen LogP contribution in [0.25, 0.3) is 10.8 Å². The van der Waals surface area contributed by atoms with E-state index in [9.17, 15) is 18.0 Å². The zero-order valence-electron chi connectivity index (χ0n) is 22.0. The minimum Gasteiger partial charge on any atom is -0.497 e. The first-order chi connectivity index (χ1) is 17.6. The SMILES string of the molecule is CC[C@@H](C)NC(=O)[C@@H](C)N(Cc1cccc(OC)c1)C(=O)CN(C)S(=O)(=O)c1ccc2ccccc2c1. The molecule has 0 heterocycles. The van der Waals surface area contributed by atoms with Crippen molar-refractivity contribution >= 4 is 32.6 Å². The molecule has 3 rings (SSSR count). The van der Waals surface area contributed by atoms with E-state index in [1.165, 1.54) is 18.0 Å². The Bertz CT molecular complexity index is 1360. The topological polar surface area (TPSA) is 96.0 Å². The highest BCUT2D eigenvalue weighted by atomic mass is 32.2. The van der Waals surface area contributed by atoms with Crippen molar-refractivity contribution in [3.8, 4) is 5.75 Å². The summed E-state index contributed by atoms with van der Waals surface area (Å²) in [5.41, 5.74) is 0.760. The number of fused-ring (bicyclic) bond motifs is 1. The molecule has 0 aliphatic heterocycles. The number of benzene rings is 3. The molecule has 2 amide bonds. The maximum absolute atomic E-state index is 13.5. The summed E-state index contributed by atoms with van der Waals surface area (Å²) in [7, 11) is -1.02. The number of nitrogens with one attached hydrogen (secondary N) is 1. The van der Waals surface area contributed by atoms with Crippen LogP contribution in [-0.4, -0.2) is 62.2 Å². The van der Waals surface area contributed by atoms with Crippen LogP contribution in [0.2, 0.25) is 0 Å². The number of methoxy groups -OCH3 is 1. The van der Waals surface area contributed by atoms with Gasteiger partial charge in [-0.25, -0.2) is 8.42 Å². The summed E-state index contributed by atoms with van der Waals surface area (Å²) in [4.78, 5) is 28.0. The van der Waals surface area contributed by atoms with Crippen LogP contribution in [0.4, 0.5) is 0 Å². The van der Waals surface area contributed by atoms with Crippen LogP contribution in [0.5, 0.6) is 5.75 Å². The van der Waals surface area contributed by atoms with Crippen LogP contribution in [0.15, 0.2) is 71.6 Å². The van der Waals surface area contributed by atoms with Gasteiger partial charge in [-0.3, -0.25) is 9.59 Å². The fourth-order valence-corrected chi connectivity index (χ4v) is 5.05. The zero-order valence-corrected chi connectivity index (χ0v) is 22.8. The summed E-state index contributed by atoms with van der Waals surface area (Å²) in [6.07, 6.45) is 0.745. The van der Waals surface area contributed by atoms with Gasteiger partial charge in [0.2, 0.25) is 21.8 Å². The second kappa shape index (κ2) is 12.2. The van der Waals surface area contributed by atoms with Crippen LogP contribution in [0.3, 0.4) is 0 Å². The van der Waals surface area contributed by atoms with Crippen molar-refractivity contribution in [2.75, 3.05) is 20.7 Å². The van der Waals surface area contributed by atoms with Crippen molar-refractivity contribution < 1.29 is 22.7 Å². The number of rotatable bonds is 11. The van der Waals surface area contributed by atoms with Gasteiger partial charge in [0, 0.05) is 19.6 Å². The second-order valence-corrected chi connectivity index (χ2v) is 11.2. The van der Waals surface area contributed by atoms with Gasteiger partial charge in [0.25, 0.3) is 0 Å². The third-order valence-electron chi connectivity index (χ3n) is 6.44. The second-order valence-electron chi connectivity index (χ2n) is 9.14. The fraction of sp³-hybridized carbons (Fsp3) is 0.357. The minimum atomic E-state index is -3.95. The summed E-state index contributed by atoms with van der Waals surface area (Å²) >= 11 is 0. The molecule has 0 radical (unpaired) electrons. The molecule has 0 aliphatic carbocycles. The average molecular weight is 526 g/mol. The van der Waals surface area contributed by atoms with Crippen LogP contribution < -0.4 is 10.1 Å². The van der Waals surface area contributed by atoms with E-state index in [2.05, 4.69) is 5.32 Å². The van der Waals surface area contributed by atoms with Gasteiger partial charge >= 0.3 is 0 Å². The van der Waals surface area contributed by atoms with E-state index < -0.39 is 28.5 Å². The Morgan fingerprint density at radius 1 is 0.973 bits per heavy atom.